The fourth-order valence-corrected chi connectivity index (χ4v) is 8.40. The van der Waals surface area contributed by atoms with E-state index >= 15 is 0 Å². The summed E-state index contributed by atoms with van der Waals surface area (Å²) in [6, 6.07) is 15.6. The van der Waals surface area contributed by atoms with Gasteiger partial charge in [-0.25, -0.2) is 0 Å². The van der Waals surface area contributed by atoms with Gasteiger partial charge in [0.25, 0.3) is 11.8 Å². The van der Waals surface area contributed by atoms with Gasteiger partial charge in [0.15, 0.2) is 0 Å². The number of unbranched alkanes of at least 4 members (excludes halogenated alkanes) is 15. The molecule has 2 aliphatic rings. The molecule has 0 N–H and O–H groups in total. The van der Waals surface area contributed by atoms with Gasteiger partial charge in [-0.15, -0.1) is 0 Å². The lowest BCUT2D eigenvalue weighted by molar-refractivity contribution is -0.158. The van der Waals surface area contributed by atoms with Crippen molar-refractivity contribution in [3.05, 3.63) is 59.7 Å². The van der Waals surface area contributed by atoms with Crippen molar-refractivity contribution in [1.82, 2.24) is 4.90 Å². The maximum atomic E-state index is 14.0. The van der Waals surface area contributed by atoms with Crippen LogP contribution in [0.2, 0.25) is 0 Å². The third kappa shape index (κ3) is 10.2. The Labute approximate surface area is 301 Å². The van der Waals surface area contributed by atoms with Crippen molar-refractivity contribution in [1.29, 1.82) is 0 Å². The zero-order valence-electron chi connectivity index (χ0n) is 31.2. The highest BCUT2D eigenvalue weighted by atomic mass is 16.5. The molecular formula is C45H63NO4. The Morgan fingerprint density at radius 1 is 0.620 bits per heavy atom. The Kier molecular flexibility index (Phi) is 15.2. The molecule has 0 aromatic heterocycles. The summed E-state index contributed by atoms with van der Waals surface area (Å²) in [7, 11) is 0. The highest BCUT2D eigenvalue weighted by molar-refractivity contribution is 6.23. The lowest BCUT2D eigenvalue weighted by Crippen LogP contribution is -2.49. The molecule has 272 valence electrons. The molecule has 0 saturated heterocycles. The maximum Gasteiger partial charge on any atom is 0.311 e. The van der Waals surface area contributed by atoms with Crippen LogP contribution >= 0.6 is 0 Å². The lowest BCUT2D eigenvalue weighted by atomic mass is 9.83. The summed E-state index contributed by atoms with van der Waals surface area (Å²) in [5.41, 5.74) is 0.904. The number of rotatable bonds is 22. The van der Waals surface area contributed by atoms with Crippen molar-refractivity contribution >= 4 is 39.3 Å². The van der Waals surface area contributed by atoms with E-state index < -0.39 is 12.0 Å². The number of carbonyl (C=O) groups is 3. The molecule has 50 heavy (non-hydrogen) atoms. The normalized spacial score (nSPS) is 18.2. The van der Waals surface area contributed by atoms with Gasteiger partial charge in [-0.3, -0.25) is 19.3 Å². The minimum atomic E-state index is -0.466. The van der Waals surface area contributed by atoms with Crippen LogP contribution in [0.4, 0.5) is 0 Å². The van der Waals surface area contributed by atoms with Crippen LogP contribution in [0.3, 0.4) is 0 Å². The van der Waals surface area contributed by atoms with Gasteiger partial charge >= 0.3 is 5.97 Å². The number of imide groups is 1. The van der Waals surface area contributed by atoms with E-state index in [1.165, 1.54) is 101 Å². The van der Waals surface area contributed by atoms with Crippen LogP contribution in [-0.2, 0) is 9.53 Å². The van der Waals surface area contributed by atoms with Crippen LogP contribution in [0.1, 0.15) is 182 Å². The molecule has 1 fully saturated rings. The van der Waals surface area contributed by atoms with E-state index in [0.29, 0.717) is 24.0 Å². The second kappa shape index (κ2) is 20.0. The highest BCUT2D eigenvalue weighted by Crippen LogP contribution is 2.37. The van der Waals surface area contributed by atoms with Gasteiger partial charge in [0.1, 0.15) is 6.10 Å². The van der Waals surface area contributed by atoms with Gasteiger partial charge in [-0.05, 0) is 84.3 Å². The fourth-order valence-electron chi connectivity index (χ4n) is 8.40. The predicted molar refractivity (Wildman–Crippen MR) is 207 cm³/mol. The summed E-state index contributed by atoms with van der Waals surface area (Å²) >= 11 is 0. The van der Waals surface area contributed by atoms with E-state index in [2.05, 4.69) is 38.1 Å². The Morgan fingerprint density at radius 3 is 1.54 bits per heavy atom. The average Bonchev–Trinajstić information content (AvgIpc) is 3.37. The van der Waals surface area contributed by atoms with Gasteiger partial charge in [0.2, 0.25) is 0 Å². The molecule has 1 heterocycles. The topological polar surface area (TPSA) is 63.7 Å². The van der Waals surface area contributed by atoms with Crippen LogP contribution < -0.4 is 0 Å². The maximum absolute atomic E-state index is 14.0. The van der Waals surface area contributed by atoms with Gasteiger partial charge in [-0.1, -0.05) is 147 Å². The summed E-state index contributed by atoms with van der Waals surface area (Å²) in [6.07, 6.45) is 26.4. The number of hydrogen-bond donors (Lipinski definition) is 0. The molecule has 1 aliphatic heterocycles. The molecule has 5 rings (SSSR count). The number of carbonyl (C=O) groups excluding carboxylic acids is 3. The van der Waals surface area contributed by atoms with Crippen LogP contribution in [-0.4, -0.2) is 34.8 Å². The lowest BCUT2D eigenvalue weighted by Gasteiger charge is -2.36. The van der Waals surface area contributed by atoms with Crippen LogP contribution in [0.5, 0.6) is 0 Å². The van der Waals surface area contributed by atoms with Gasteiger partial charge in [-0.2, -0.15) is 0 Å². The second-order valence-electron chi connectivity index (χ2n) is 15.3. The minimum Gasteiger partial charge on any atom is -0.462 e. The molecule has 3 aromatic rings. The number of nitrogens with zero attached hydrogens (tertiary/aromatic N) is 1. The summed E-state index contributed by atoms with van der Waals surface area (Å²) in [5.74, 6) is -1.21. The van der Waals surface area contributed by atoms with E-state index in [1.54, 1.807) is 0 Å². The van der Waals surface area contributed by atoms with Crippen molar-refractivity contribution in [2.45, 2.75) is 174 Å². The number of ether oxygens (including phenoxy) is 1. The first-order valence-corrected chi connectivity index (χ1v) is 20.6. The monoisotopic (exact) mass is 681 g/mol. The Balaban J connectivity index is 1.21. The standard InChI is InChI=1S/C45H63NO4/c1-3-5-7-9-11-13-15-17-19-27-38(26-18-16-14-12-10-8-6-4-2)50-45(49)39-28-22-23-29-42(39)46-43(47)40-32-36-30-34-24-20-21-25-35(34)31-37(36)33-41(40)44(46)48/h20-21,24-25,30-33,38-39,42H,3-19,22-23,26-29H2,1-2H3/t38?,39-,42-/m0/s1. The Bertz CT molecular complexity index is 1470. The quantitative estimate of drug-likeness (QED) is 0.0458. The van der Waals surface area contributed by atoms with Crippen molar-refractivity contribution in [3.8, 4) is 0 Å². The van der Waals surface area contributed by atoms with E-state index in [4.69, 9.17) is 4.74 Å². The molecule has 0 bridgehead atoms. The number of hydrogen-bond acceptors (Lipinski definition) is 4. The zero-order valence-corrected chi connectivity index (χ0v) is 31.2. The largest absolute Gasteiger partial charge is 0.462 e. The Hall–Kier alpha value is -3.21. The van der Waals surface area contributed by atoms with E-state index in [9.17, 15) is 14.4 Å². The predicted octanol–water partition coefficient (Wildman–Crippen LogP) is 12.5. The molecule has 0 radical (unpaired) electrons. The molecular weight excluding hydrogens is 618 g/mol. The van der Waals surface area contributed by atoms with Crippen LogP contribution in [0, 0.1) is 5.92 Å². The van der Waals surface area contributed by atoms with Crippen LogP contribution in [0.15, 0.2) is 48.5 Å². The number of fused-ring (bicyclic) bond motifs is 3. The number of amides is 2. The molecule has 5 heteroatoms. The van der Waals surface area contributed by atoms with Gasteiger partial charge in [0, 0.05) is 0 Å². The first-order chi connectivity index (χ1) is 24.5. The van der Waals surface area contributed by atoms with Gasteiger partial charge < -0.3 is 4.74 Å². The zero-order chi connectivity index (χ0) is 35.1. The van der Waals surface area contributed by atoms with E-state index in [0.717, 1.165) is 60.1 Å². The average molecular weight is 682 g/mol. The fraction of sp³-hybridized carbons (Fsp3) is 0.622. The first kappa shape index (κ1) is 38.0. The highest BCUT2D eigenvalue weighted by Gasteiger charge is 2.46. The van der Waals surface area contributed by atoms with Crippen molar-refractivity contribution < 1.29 is 19.1 Å². The smallest absolute Gasteiger partial charge is 0.311 e. The van der Waals surface area contributed by atoms with Crippen molar-refractivity contribution in [2.24, 2.45) is 5.92 Å². The minimum absolute atomic E-state index is 0.0867. The van der Waals surface area contributed by atoms with Crippen LogP contribution in [0.25, 0.3) is 21.5 Å². The molecule has 0 spiro atoms. The SMILES string of the molecule is CCCCCCCCCCCC(CCCCCCCCCC)OC(=O)[C@H]1CCCC[C@@H]1N1C(=O)c2cc3cc4ccccc4cc3cc2C1=O. The van der Waals surface area contributed by atoms with E-state index in [-0.39, 0.29) is 23.9 Å². The third-order valence-electron chi connectivity index (χ3n) is 11.4. The summed E-state index contributed by atoms with van der Waals surface area (Å²) in [6.45, 7) is 4.52. The molecule has 1 aliphatic carbocycles. The summed E-state index contributed by atoms with van der Waals surface area (Å²) < 4.78 is 6.38. The van der Waals surface area contributed by atoms with Crippen molar-refractivity contribution in [2.75, 3.05) is 0 Å². The molecule has 3 atom stereocenters. The van der Waals surface area contributed by atoms with Crippen molar-refractivity contribution in [3.63, 3.8) is 0 Å². The number of esters is 1. The second-order valence-corrected chi connectivity index (χ2v) is 15.3. The molecule has 1 saturated carbocycles. The first-order valence-electron chi connectivity index (χ1n) is 20.6. The Morgan fingerprint density at radius 2 is 1.06 bits per heavy atom. The molecule has 5 nitrogen and oxygen atoms in total. The molecule has 1 unspecified atom stereocenters. The summed E-state index contributed by atoms with van der Waals surface area (Å²) in [4.78, 5) is 43.3. The van der Waals surface area contributed by atoms with E-state index in [1.807, 2.05) is 24.3 Å². The molecule has 3 aromatic carbocycles. The number of benzene rings is 3. The van der Waals surface area contributed by atoms with Gasteiger partial charge in [0.05, 0.1) is 23.1 Å². The third-order valence-corrected chi connectivity index (χ3v) is 11.4. The molecule has 2 amide bonds. The summed E-state index contributed by atoms with van der Waals surface area (Å²) in [5, 5.41) is 4.11.